The molecule has 0 aliphatic carbocycles. The van der Waals surface area contributed by atoms with Crippen LogP contribution in [0.15, 0.2) is 22.7 Å². The molecule has 110 valence electrons. The van der Waals surface area contributed by atoms with Gasteiger partial charge < -0.3 is 20.1 Å². The van der Waals surface area contributed by atoms with Crippen LogP contribution in [0.2, 0.25) is 0 Å². The predicted molar refractivity (Wildman–Crippen MR) is 78.3 cm³/mol. The normalized spacial score (nSPS) is 10.4. The van der Waals surface area contributed by atoms with Crippen LogP contribution in [0, 0.1) is 6.92 Å². The Morgan fingerprint density at radius 2 is 1.90 bits per heavy atom. The second-order valence-corrected chi connectivity index (χ2v) is 4.90. The number of carbonyl (C=O) groups excluding carboxylic acids is 2. The Labute approximate surface area is 126 Å². The van der Waals surface area contributed by atoms with Crippen molar-refractivity contribution < 1.29 is 19.1 Å². The molecule has 0 radical (unpaired) electrons. The van der Waals surface area contributed by atoms with Crippen LogP contribution in [0.1, 0.15) is 5.56 Å². The van der Waals surface area contributed by atoms with Gasteiger partial charge in [-0.25, -0.2) is 0 Å². The molecule has 0 spiro atoms. The van der Waals surface area contributed by atoms with Crippen LogP contribution >= 0.6 is 15.9 Å². The van der Waals surface area contributed by atoms with Crippen LogP contribution in [0.4, 0.5) is 5.69 Å². The number of ether oxygens (including phenoxy) is 2. The number of halogens is 1. The highest BCUT2D eigenvalue weighted by Gasteiger charge is 2.16. The molecule has 2 amide bonds. The van der Waals surface area contributed by atoms with Crippen LogP contribution in [-0.4, -0.2) is 38.9 Å². The van der Waals surface area contributed by atoms with Crippen molar-refractivity contribution in [2.45, 2.75) is 13.2 Å². The second kappa shape index (κ2) is 7.98. The summed E-state index contributed by atoms with van der Waals surface area (Å²) in [4.78, 5) is 23.3. The molecule has 7 heteroatoms. The first-order valence-corrected chi connectivity index (χ1v) is 6.68. The van der Waals surface area contributed by atoms with E-state index in [0.29, 0.717) is 10.2 Å². The molecule has 0 saturated heterocycles. The first-order valence-electron chi connectivity index (χ1n) is 5.88. The summed E-state index contributed by atoms with van der Waals surface area (Å²) in [6, 6.07) is 5.40. The van der Waals surface area contributed by atoms with E-state index in [1.165, 1.54) is 14.2 Å². The number of rotatable bonds is 5. The first-order chi connectivity index (χ1) is 9.47. The van der Waals surface area contributed by atoms with Crippen molar-refractivity contribution in [2.24, 2.45) is 0 Å². The van der Waals surface area contributed by atoms with E-state index in [4.69, 9.17) is 9.47 Å². The minimum atomic E-state index is -0.753. The molecular formula is C13H17BrN2O4. The lowest BCUT2D eigenvalue weighted by molar-refractivity contribution is -0.139. The number of benzene rings is 1. The number of carbonyl (C=O) groups is 2. The molecule has 0 aliphatic rings. The number of methoxy groups -OCH3 is 2. The minimum Gasteiger partial charge on any atom is -0.354 e. The van der Waals surface area contributed by atoms with Crippen LogP contribution in [-0.2, 0) is 19.1 Å². The van der Waals surface area contributed by atoms with Crippen LogP contribution in [0.25, 0.3) is 0 Å². The van der Waals surface area contributed by atoms with Crippen molar-refractivity contribution >= 4 is 33.4 Å². The lowest BCUT2D eigenvalue weighted by Gasteiger charge is -2.14. The second-order valence-electron chi connectivity index (χ2n) is 4.05. The summed E-state index contributed by atoms with van der Waals surface area (Å²) < 4.78 is 10.5. The topological polar surface area (TPSA) is 76.7 Å². The highest BCUT2D eigenvalue weighted by Crippen LogP contribution is 2.23. The molecule has 0 aromatic heterocycles. The van der Waals surface area contributed by atoms with E-state index >= 15 is 0 Å². The molecule has 0 saturated carbocycles. The summed E-state index contributed by atoms with van der Waals surface area (Å²) in [5.74, 6) is -1.50. The Morgan fingerprint density at radius 1 is 1.25 bits per heavy atom. The zero-order valence-corrected chi connectivity index (χ0v) is 13.1. The number of hydrogen-bond donors (Lipinski definition) is 2. The molecule has 0 aliphatic heterocycles. The van der Waals surface area contributed by atoms with Crippen molar-refractivity contribution in [3.63, 3.8) is 0 Å². The van der Waals surface area contributed by atoms with Gasteiger partial charge in [0, 0.05) is 18.7 Å². The van der Waals surface area contributed by atoms with Gasteiger partial charge >= 0.3 is 11.8 Å². The first kappa shape index (κ1) is 16.6. The van der Waals surface area contributed by atoms with Gasteiger partial charge in [0.2, 0.25) is 0 Å². The van der Waals surface area contributed by atoms with Gasteiger partial charge in [0.15, 0.2) is 6.29 Å². The maximum atomic E-state index is 11.7. The third-order valence-electron chi connectivity index (χ3n) is 2.53. The molecule has 0 heterocycles. The van der Waals surface area contributed by atoms with Crippen LogP contribution in [0.3, 0.4) is 0 Å². The van der Waals surface area contributed by atoms with E-state index in [1.54, 1.807) is 6.07 Å². The summed E-state index contributed by atoms with van der Waals surface area (Å²) in [6.07, 6.45) is -0.585. The maximum Gasteiger partial charge on any atom is 0.313 e. The van der Waals surface area contributed by atoms with Gasteiger partial charge in [-0.3, -0.25) is 9.59 Å². The monoisotopic (exact) mass is 344 g/mol. The van der Waals surface area contributed by atoms with Crippen molar-refractivity contribution in [1.82, 2.24) is 5.32 Å². The Kier molecular flexibility index (Phi) is 6.63. The molecular weight excluding hydrogens is 328 g/mol. The summed E-state index contributed by atoms with van der Waals surface area (Å²) in [6.45, 7) is 2.02. The smallest absolute Gasteiger partial charge is 0.313 e. The molecule has 0 unspecified atom stereocenters. The molecule has 1 rings (SSSR count). The minimum absolute atomic E-state index is 0.0916. The third-order valence-corrected chi connectivity index (χ3v) is 3.19. The zero-order chi connectivity index (χ0) is 15.1. The Bertz CT molecular complexity index is 489. The van der Waals surface area contributed by atoms with E-state index in [0.717, 1.165) is 5.56 Å². The number of hydrogen-bond acceptors (Lipinski definition) is 4. The Hall–Kier alpha value is -1.44. The Balaban J connectivity index is 2.55. The summed E-state index contributed by atoms with van der Waals surface area (Å²) >= 11 is 3.32. The predicted octanol–water partition coefficient (Wildman–Crippen LogP) is 1.43. The summed E-state index contributed by atoms with van der Waals surface area (Å²) in [5.41, 5.74) is 1.58. The highest BCUT2D eigenvalue weighted by atomic mass is 79.9. The van der Waals surface area contributed by atoms with Crippen molar-refractivity contribution in [2.75, 3.05) is 26.1 Å². The average Bonchev–Trinajstić information content (AvgIpc) is 2.42. The molecule has 2 N–H and O–H groups in total. The fourth-order valence-corrected chi connectivity index (χ4v) is 2.01. The van der Waals surface area contributed by atoms with Gasteiger partial charge in [-0.15, -0.1) is 0 Å². The molecule has 0 fully saturated rings. The van der Waals surface area contributed by atoms with E-state index in [1.807, 2.05) is 19.1 Å². The van der Waals surface area contributed by atoms with Gasteiger partial charge in [0.1, 0.15) is 0 Å². The number of amides is 2. The molecule has 0 bridgehead atoms. The molecule has 0 atom stereocenters. The lowest BCUT2D eigenvalue weighted by Crippen LogP contribution is -2.40. The number of nitrogens with one attached hydrogen (secondary N) is 2. The van der Waals surface area contributed by atoms with Gasteiger partial charge in [-0.05, 0) is 40.5 Å². The summed E-state index contributed by atoms with van der Waals surface area (Å²) in [5, 5.41) is 4.94. The number of anilines is 1. The van der Waals surface area contributed by atoms with Crippen molar-refractivity contribution in [3.05, 3.63) is 28.2 Å². The fourth-order valence-electron chi connectivity index (χ4n) is 1.42. The van der Waals surface area contributed by atoms with E-state index in [2.05, 4.69) is 26.6 Å². The maximum absolute atomic E-state index is 11.7. The van der Waals surface area contributed by atoms with Crippen LogP contribution in [0.5, 0.6) is 0 Å². The van der Waals surface area contributed by atoms with Gasteiger partial charge in [0.25, 0.3) is 0 Å². The Morgan fingerprint density at radius 3 is 2.45 bits per heavy atom. The SMILES string of the molecule is COC(CNC(=O)C(=O)Nc1ccc(C)cc1Br)OC. The fraction of sp³-hybridized carbons (Fsp3) is 0.385. The average molecular weight is 345 g/mol. The number of aryl methyl sites for hydroxylation is 1. The van der Waals surface area contributed by atoms with Gasteiger partial charge in [-0.1, -0.05) is 6.07 Å². The van der Waals surface area contributed by atoms with E-state index in [-0.39, 0.29) is 6.54 Å². The highest BCUT2D eigenvalue weighted by molar-refractivity contribution is 9.10. The molecule has 6 nitrogen and oxygen atoms in total. The zero-order valence-electron chi connectivity index (χ0n) is 11.5. The standard InChI is InChI=1S/C13H17BrN2O4/c1-8-4-5-10(9(14)6-8)16-13(18)12(17)15-7-11(19-2)20-3/h4-6,11H,7H2,1-3H3,(H,15,17)(H,16,18). The third kappa shape index (κ3) is 4.92. The van der Waals surface area contributed by atoms with Crippen LogP contribution < -0.4 is 10.6 Å². The molecule has 20 heavy (non-hydrogen) atoms. The summed E-state index contributed by atoms with van der Waals surface area (Å²) in [7, 11) is 2.90. The lowest BCUT2D eigenvalue weighted by atomic mass is 10.2. The van der Waals surface area contributed by atoms with Gasteiger partial charge in [-0.2, -0.15) is 0 Å². The van der Waals surface area contributed by atoms with E-state index in [9.17, 15) is 9.59 Å². The van der Waals surface area contributed by atoms with E-state index < -0.39 is 18.1 Å². The van der Waals surface area contributed by atoms with Crippen molar-refractivity contribution in [1.29, 1.82) is 0 Å². The molecule has 1 aromatic carbocycles. The van der Waals surface area contributed by atoms with Gasteiger partial charge in [0.05, 0.1) is 12.2 Å². The molecule has 1 aromatic rings. The quantitative estimate of drug-likeness (QED) is 0.625. The van der Waals surface area contributed by atoms with Crippen molar-refractivity contribution in [3.8, 4) is 0 Å². The largest absolute Gasteiger partial charge is 0.354 e.